The van der Waals surface area contributed by atoms with E-state index in [0.29, 0.717) is 22.0 Å². The number of urea groups is 1. The van der Waals surface area contributed by atoms with Gasteiger partial charge in [-0.25, -0.2) is 9.18 Å². The molecule has 1 aliphatic heterocycles. The van der Waals surface area contributed by atoms with Crippen molar-refractivity contribution < 1.29 is 18.8 Å². The summed E-state index contributed by atoms with van der Waals surface area (Å²) in [6.45, 7) is 2.16. The summed E-state index contributed by atoms with van der Waals surface area (Å²) in [7, 11) is 0. The lowest BCUT2D eigenvalue weighted by atomic mass is 10.1. The van der Waals surface area contributed by atoms with Gasteiger partial charge in [0.25, 0.3) is 0 Å². The van der Waals surface area contributed by atoms with Gasteiger partial charge in [0, 0.05) is 23.8 Å². The fourth-order valence-corrected chi connectivity index (χ4v) is 3.38. The average molecular weight is 453 g/mol. The van der Waals surface area contributed by atoms with E-state index in [1.54, 1.807) is 13.0 Å². The molecule has 158 valence electrons. The molecule has 7 nitrogen and oxygen atoms in total. The van der Waals surface area contributed by atoms with Crippen LogP contribution in [-0.4, -0.2) is 41.9 Å². The van der Waals surface area contributed by atoms with Crippen LogP contribution in [0.15, 0.2) is 36.4 Å². The van der Waals surface area contributed by atoms with E-state index in [2.05, 4.69) is 16.0 Å². The van der Waals surface area contributed by atoms with Gasteiger partial charge >= 0.3 is 6.03 Å². The van der Waals surface area contributed by atoms with Crippen molar-refractivity contribution in [1.82, 2.24) is 10.2 Å². The van der Waals surface area contributed by atoms with Crippen LogP contribution in [-0.2, 0) is 9.59 Å². The number of aryl methyl sites for hydroxylation is 1. The Bertz CT molecular complexity index is 1000. The Morgan fingerprint density at radius 1 is 1.17 bits per heavy atom. The molecule has 30 heavy (non-hydrogen) atoms. The van der Waals surface area contributed by atoms with Crippen LogP contribution in [0.5, 0.6) is 0 Å². The molecule has 0 aromatic heterocycles. The molecule has 3 N–H and O–H groups in total. The van der Waals surface area contributed by atoms with Gasteiger partial charge in [-0.2, -0.15) is 0 Å². The minimum Gasteiger partial charge on any atom is -0.353 e. The molecular formula is C20H19Cl2FN4O3. The smallest absolute Gasteiger partial charge is 0.322 e. The van der Waals surface area contributed by atoms with Crippen molar-refractivity contribution in [1.29, 1.82) is 0 Å². The summed E-state index contributed by atoms with van der Waals surface area (Å²) in [4.78, 5) is 38.9. The van der Waals surface area contributed by atoms with Gasteiger partial charge in [-0.3, -0.25) is 9.59 Å². The van der Waals surface area contributed by atoms with Gasteiger partial charge in [0.1, 0.15) is 11.9 Å². The van der Waals surface area contributed by atoms with Crippen molar-refractivity contribution >= 4 is 52.4 Å². The number of nitrogens with one attached hydrogen (secondary N) is 3. The maximum atomic E-state index is 13.5. The number of halogens is 3. The van der Waals surface area contributed by atoms with Crippen molar-refractivity contribution in [3.63, 3.8) is 0 Å². The number of piperazine rings is 1. The molecule has 3 rings (SSSR count). The zero-order valence-corrected chi connectivity index (χ0v) is 17.5. The average Bonchev–Trinajstić information content (AvgIpc) is 2.69. The first-order chi connectivity index (χ1) is 14.2. The molecular weight excluding hydrogens is 434 g/mol. The summed E-state index contributed by atoms with van der Waals surface area (Å²) in [5.74, 6) is -1.47. The lowest BCUT2D eigenvalue weighted by molar-refractivity contribution is -0.130. The number of nitrogens with zero attached hydrogens (tertiary/aromatic N) is 1. The third-order valence-electron chi connectivity index (χ3n) is 4.61. The summed E-state index contributed by atoms with van der Waals surface area (Å²) < 4.78 is 13.5. The highest BCUT2D eigenvalue weighted by Gasteiger charge is 2.35. The quantitative estimate of drug-likeness (QED) is 0.658. The summed E-state index contributed by atoms with van der Waals surface area (Å²) in [6.07, 6.45) is -0.287. The molecule has 0 saturated carbocycles. The van der Waals surface area contributed by atoms with E-state index < -0.39 is 29.7 Å². The Morgan fingerprint density at radius 3 is 2.70 bits per heavy atom. The number of rotatable bonds is 4. The predicted molar refractivity (Wildman–Crippen MR) is 113 cm³/mol. The van der Waals surface area contributed by atoms with Gasteiger partial charge in [-0.15, -0.1) is 0 Å². The van der Waals surface area contributed by atoms with Gasteiger partial charge < -0.3 is 20.9 Å². The number of amides is 4. The van der Waals surface area contributed by atoms with E-state index in [4.69, 9.17) is 23.2 Å². The second kappa shape index (κ2) is 9.32. The first-order valence-electron chi connectivity index (χ1n) is 9.11. The highest BCUT2D eigenvalue weighted by Crippen LogP contribution is 2.26. The molecule has 1 heterocycles. The van der Waals surface area contributed by atoms with Crippen LogP contribution in [0, 0.1) is 12.7 Å². The molecule has 1 aliphatic rings. The van der Waals surface area contributed by atoms with E-state index in [1.807, 2.05) is 0 Å². The van der Waals surface area contributed by atoms with Gasteiger partial charge in [-0.1, -0.05) is 29.3 Å². The lowest BCUT2D eigenvalue weighted by Gasteiger charge is -2.34. The predicted octanol–water partition coefficient (Wildman–Crippen LogP) is 3.80. The largest absolute Gasteiger partial charge is 0.353 e. The fourth-order valence-electron chi connectivity index (χ4n) is 3.05. The lowest BCUT2D eigenvalue weighted by Crippen LogP contribution is -2.59. The third kappa shape index (κ3) is 5.20. The summed E-state index contributed by atoms with van der Waals surface area (Å²) in [5.41, 5.74) is 1.26. The van der Waals surface area contributed by atoms with E-state index in [-0.39, 0.29) is 24.5 Å². The minimum atomic E-state index is -1.04. The molecule has 0 aliphatic carbocycles. The molecule has 2 aromatic carbocycles. The van der Waals surface area contributed by atoms with E-state index in [9.17, 15) is 18.8 Å². The molecule has 2 aromatic rings. The van der Waals surface area contributed by atoms with Crippen LogP contribution in [0.2, 0.25) is 10.0 Å². The van der Waals surface area contributed by atoms with E-state index in [1.165, 1.54) is 35.2 Å². The van der Waals surface area contributed by atoms with Gasteiger partial charge in [0.05, 0.1) is 17.1 Å². The number of carbonyl (C=O) groups is 3. The minimum absolute atomic E-state index is 0.196. The number of hydrogen-bond acceptors (Lipinski definition) is 3. The Balaban J connectivity index is 1.73. The second-order valence-electron chi connectivity index (χ2n) is 6.77. The second-order valence-corrected chi connectivity index (χ2v) is 7.61. The Labute approximate surface area is 182 Å². The maximum Gasteiger partial charge on any atom is 0.322 e. The summed E-state index contributed by atoms with van der Waals surface area (Å²) >= 11 is 12.0. The van der Waals surface area contributed by atoms with Crippen LogP contribution in [0.3, 0.4) is 0 Å². The normalized spacial score (nSPS) is 16.1. The van der Waals surface area contributed by atoms with Crippen LogP contribution in [0.25, 0.3) is 0 Å². The monoisotopic (exact) mass is 452 g/mol. The molecule has 0 spiro atoms. The van der Waals surface area contributed by atoms with E-state index in [0.717, 1.165) is 0 Å². The highest BCUT2D eigenvalue weighted by atomic mass is 35.5. The van der Waals surface area contributed by atoms with Crippen molar-refractivity contribution in [2.75, 3.05) is 23.7 Å². The molecule has 1 saturated heterocycles. The third-order valence-corrected chi connectivity index (χ3v) is 5.18. The zero-order valence-electron chi connectivity index (χ0n) is 16.0. The molecule has 0 radical (unpaired) electrons. The summed E-state index contributed by atoms with van der Waals surface area (Å²) in [6, 6.07) is 6.98. The van der Waals surface area contributed by atoms with Gasteiger partial charge in [0.2, 0.25) is 11.8 Å². The van der Waals surface area contributed by atoms with Crippen molar-refractivity contribution in [2.24, 2.45) is 0 Å². The van der Waals surface area contributed by atoms with Crippen LogP contribution < -0.4 is 16.0 Å². The van der Waals surface area contributed by atoms with E-state index >= 15 is 0 Å². The number of hydrogen-bond donors (Lipinski definition) is 3. The van der Waals surface area contributed by atoms with Crippen LogP contribution >= 0.6 is 23.2 Å². The van der Waals surface area contributed by atoms with Crippen molar-refractivity contribution in [3.05, 3.63) is 57.8 Å². The van der Waals surface area contributed by atoms with Crippen LogP contribution in [0.4, 0.5) is 20.6 Å². The number of anilines is 2. The molecule has 10 heteroatoms. The Morgan fingerprint density at radius 2 is 1.93 bits per heavy atom. The first-order valence-corrected chi connectivity index (χ1v) is 9.86. The topological polar surface area (TPSA) is 90.5 Å². The van der Waals surface area contributed by atoms with Crippen molar-refractivity contribution in [2.45, 2.75) is 19.4 Å². The van der Waals surface area contributed by atoms with Crippen molar-refractivity contribution in [3.8, 4) is 0 Å². The molecule has 1 unspecified atom stereocenters. The molecule has 1 fully saturated rings. The number of carbonyl (C=O) groups excluding carboxylic acids is 3. The standard InChI is InChI=1S/C20H19Cl2FN4O3/c1-11-2-4-13(23)9-15(11)26-20(30)27-7-6-24-19(29)17(27)10-18(28)25-16-8-12(21)3-5-14(16)22/h2-5,8-9,17H,6-7,10H2,1H3,(H,24,29)(H,25,28)(H,26,30). The zero-order chi connectivity index (χ0) is 21.8. The Hall–Kier alpha value is -2.84. The molecule has 4 amide bonds. The Kier molecular flexibility index (Phi) is 6.79. The van der Waals surface area contributed by atoms with Gasteiger partial charge in [0.15, 0.2) is 0 Å². The maximum absolute atomic E-state index is 13.5. The summed E-state index contributed by atoms with van der Waals surface area (Å²) in [5, 5.41) is 8.53. The van der Waals surface area contributed by atoms with Crippen LogP contribution in [0.1, 0.15) is 12.0 Å². The molecule has 1 atom stereocenters. The number of benzene rings is 2. The SMILES string of the molecule is Cc1ccc(F)cc1NC(=O)N1CCNC(=O)C1CC(=O)Nc1cc(Cl)ccc1Cl. The fraction of sp³-hybridized carbons (Fsp3) is 0.250. The first kappa shape index (κ1) is 21.9. The molecule has 0 bridgehead atoms. The highest BCUT2D eigenvalue weighted by molar-refractivity contribution is 6.35. The van der Waals surface area contributed by atoms with Gasteiger partial charge in [-0.05, 0) is 42.8 Å².